The lowest BCUT2D eigenvalue weighted by molar-refractivity contribution is -0.142. The zero-order valence-corrected chi connectivity index (χ0v) is 13.9. The van der Waals surface area contributed by atoms with Crippen molar-refractivity contribution in [3.8, 4) is 0 Å². The van der Waals surface area contributed by atoms with Crippen LogP contribution in [0.4, 0.5) is 5.69 Å². The van der Waals surface area contributed by atoms with Gasteiger partial charge in [-0.05, 0) is 34.8 Å². The Morgan fingerprint density at radius 1 is 1.57 bits per heavy atom. The summed E-state index contributed by atoms with van der Waals surface area (Å²) in [5.74, 6) is -1.68. The molecule has 1 atom stereocenters. The molecule has 1 aliphatic heterocycles. The first-order chi connectivity index (χ1) is 9.79. The predicted molar refractivity (Wildman–Crippen MR) is 81.4 cm³/mol. The Hall–Kier alpha value is -0.900. The number of carboxylic acid groups (broad SMARTS) is 1. The van der Waals surface area contributed by atoms with Gasteiger partial charge < -0.3 is 5.11 Å². The molecule has 1 saturated heterocycles. The number of aliphatic carboxylic acids is 1. The average molecular weight is 399 g/mol. The molecule has 116 valence electrons. The molecule has 7 nitrogen and oxygen atoms in total. The smallest absolute Gasteiger partial charge is 0.307 e. The topological polar surface area (TPSA) is 99.6 Å². The minimum absolute atomic E-state index is 0.0218. The molecule has 1 fully saturated rings. The van der Waals surface area contributed by atoms with Gasteiger partial charge in [0.15, 0.2) is 5.15 Å². The van der Waals surface area contributed by atoms with E-state index >= 15 is 0 Å². The molecule has 1 unspecified atom stereocenters. The Kier molecular flexibility index (Phi) is 5.07. The van der Waals surface area contributed by atoms with Gasteiger partial charge in [0.05, 0.1) is 11.6 Å². The number of nitrogens with one attached hydrogen (secondary N) is 1. The number of nitrogens with zero attached hydrogens (tertiary/aromatic N) is 2. The van der Waals surface area contributed by atoms with E-state index < -0.39 is 22.1 Å². The number of hydrogen-bond acceptors (Lipinski definition) is 4. The van der Waals surface area contributed by atoms with Crippen molar-refractivity contribution >= 4 is 49.4 Å². The molecule has 1 aliphatic rings. The summed E-state index contributed by atoms with van der Waals surface area (Å²) in [6.07, 6.45) is 2.42. The number of aromatic nitrogens is 1. The summed E-state index contributed by atoms with van der Waals surface area (Å²) in [5.41, 5.74) is 0.142. The molecule has 1 aromatic heterocycles. The van der Waals surface area contributed by atoms with Gasteiger partial charge in [-0.25, -0.2) is 4.98 Å². The van der Waals surface area contributed by atoms with Crippen molar-refractivity contribution in [2.45, 2.75) is 12.8 Å². The average Bonchev–Trinajstić information content (AvgIpc) is 2.43. The molecule has 0 spiro atoms. The van der Waals surface area contributed by atoms with Crippen LogP contribution in [-0.4, -0.2) is 41.9 Å². The van der Waals surface area contributed by atoms with E-state index in [2.05, 4.69) is 25.6 Å². The number of carboxylic acids is 1. The minimum Gasteiger partial charge on any atom is -0.481 e. The van der Waals surface area contributed by atoms with E-state index in [1.807, 2.05) is 0 Å². The third-order valence-corrected chi connectivity index (χ3v) is 5.34. The number of piperidine rings is 1. The molecule has 0 saturated carbocycles. The van der Waals surface area contributed by atoms with Crippen LogP contribution in [0.15, 0.2) is 16.7 Å². The van der Waals surface area contributed by atoms with Crippen LogP contribution in [-0.2, 0) is 15.0 Å². The van der Waals surface area contributed by atoms with Crippen LogP contribution in [0.1, 0.15) is 12.8 Å². The van der Waals surface area contributed by atoms with Gasteiger partial charge in [-0.1, -0.05) is 11.6 Å². The monoisotopic (exact) mass is 397 g/mol. The van der Waals surface area contributed by atoms with Gasteiger partial charge >= 0.3 is 16.2 Å². The van der Waals surface area contributed by atoms with Gasteiger partial charge in [0.1, 0.15) is 0 Å². The fraction of sp³-hybridized carbons (Fsp3) is 0.455. The summed E-state index contributed by atoms with van der Waals surface area (Å²) in [6, 6.07) is 1.49. The fourth-order valence-electron chi connectivity index (χ4n) is 2.06. The number of halogens is 2. The second-order valence-corrected chi connectivity index (χ2v) is 7.58. The van der Waals surface area contributed by atoms with Crippen LogP contribution in [0.2, 0.25) is 5.15 Å². The van der Waals surface area contributed by atoms with Gasteiger partial charge in [-0.3, -0.25) is 9.52 Å². The standard InChI is InChI=1S/C11H13BrClN3O4S/c12-8-4-9(10(13)14-5-8)15-21(19,20)16-3-1-2-7(6-16)11(17)18/h4-5,7,15H,1-3,6H2,(H,17,18). The zero-order chi connectivity index (χ0) is 15.6. The Morgan fingerprint density at radius 2 is 2.29 bits per heavy atom. The summed E-state index contributed by atoms with van der Waals surface area (Å²) in [5, 5.41) is 9.03. The first kappa shape index (κ1) is 16.5. The highest BCUT2D eigenvalue weighted by atomic mass is 79.9. The first-order valence-electron chi connectivity index (χ1n) is 6.11. The van der Waals surface area contributed by atoms with E-state index in [1.165, 1.54) is 12.3 Å². The Labute approximate surface area is 135 Å². The van der Waals surface area contributed by atoms with E-state index in [-0.39, 0.29) is 23.9 Å². The van der Waals surface area contributed by atoms with Gasteiger partial charge in [-0.15, -0.1) is 0 Å². The van der Waals surface area contributed by atoms with Crippen molar-refractivity contribution in [3.05, 3.63) is 21.9 Å². The molecule has 0 aromatic carbocycles. The van der Waals surface area contributed by atoms with Crippen LogP contribution in [0, 0.1) is 5.92 Å². The third kappa shape index (κ3) is 4.06. The maximum Gasteiger partial charge on any atom is 0.307 e. The summed E-state index contributed by atoms with van der Waals surface area (Å²) in [7, 11) is -3.87. The molecule has 21 heavy (non-hydrogen) atoms. The molecule has 1 aromatic rings. The summed E-state index contributed by atoms with van der Waals surface area (Å²) < 4.78 is 28.6. The van der Waals surface area contributed by atoms with Gasteiger partial charge in [0, 0.05) is 23.8 Å². The van der Waals surface area contributed by atoms with Crippen molar-refractivity contribution in [2.24, 2.45) is 5.92 Å². The Morgan fingerprint density at radius 3 is 2.95 bits per heavy atom. The number of pyridine rings is 1. The van der Waals surface area contributed by atoms with Gasteiger partial charge in [-0.2, -0.15) is 12.7 Å². The quantitative estimate of drug-likeness (QED) is 0.755. The van der Waals surface area contributed by atoms with Crippen molar-refractivity contribution in [1.29, 1.82) is 0 Å². The van der Waals surface area contributed by atoms with E-state index in [4.69, 9.17) is 16.7 Å². The molecule has 0 radical (unpaired) electrons. The predicted octanol–water partition coefficient (Wildman–Crippen LogP) is 1.95. The Balaban J connectivity index is 2.18. The van der Waals surface area contributed by atoms with Crippen molar-refractivity contribution < 1.29 is 18.3 Å². The van der Waals surface area contributed by atoms with Gasteiger partial charge in [0.2, 0.25) is 0 Å². The van der Waals surface area contributed by atoms with Gasteiger partial charge in [0.25, 0.3) is 0 Å². The van der Waals surface area contributed by atoms with Crippen molar-refractivity contribution in [3.63, 3.8) is 0 Å². The molecule has 0 amide bonds. The highest BCUT2D eigenvalue weighted by Gasteiger charge is 2.32. The van der Waals surface area contributed by atoms with Crippen LogP contribution in [0.3, 0.4) is 0 Å². The largest absolute Gasteiger partial charge is 0.481 e. The van der Waals surface area contributed by atoms with E-state index in [0.717, 1.165) is 4.31 Å². The Bertz CT molecular complexity index is 655. The molecule has 2 heterocycles. The molecule has 2 rings (SSSR count). The lowest BCUT2D eigenvalue weighted by Crippen LogP contribution is -2.44. The first-order valence-corrected chi connectivity index (χ1v) is 8.72. The summed E-state index contributed by atoms with van der Waals surface area (Å²) in [6.45, 7) is 0.224. The van der Waals surface area contributed by atoms with Crippen LogP contribution >= 0.6 is 27.5 Å². The lowest BCUT2D eigenvalue weighted by atomic mass is 10.0. The number of hydrogen-bond donors (Lipinski definition) is 2. The minimum atomic E-state index is -3.87. The fourth-order valence-corrected chi connectivity index (χ4v) is 3.91. The van der Waals surface area contributed by atoms with E-state index in [9.17, 15) is 13.2 Å². The molecule has 0 bridgehead atoms. The summed E-state index contributed by atoms with van der Waals surface area (Å²) >= 11 is 9.03. The molecular formula is C11H13BrClN3O4S. The lowest BCUT2D eigenvalue weighted by Gasteiger charge is -2.30. The normalized spacial score (nSPS) is 20.2. The van der Waals surface area contributed by atoms with Crippen molar-refractivity contribution in [1.82, 2.24) is 9.29 Å². The molecular weight excluding hydrogens is 386 g/mol. The highest BCUT2D eigenvalue weighted by Crippen LogP contribution is 2.26. The van der Waals surface area contributed by atoms with E-state index in [1.54, 1.807) is 0 Å². The number of carbonyl (C=O) groups is 1. The van der Waals surface area contributed by atoms with Crippen molar-refractivity contribution in [2.75, 3.05) is 17.8 Å². The SMILES string of the molecule is O=C(O)C1CCCN(S(=O)(=O)Nc2cc(Br)cnc2Cl)C1. The van der Waals surface area contributed by atoms with Crippen LogP contribution < -0.4 is 4.72 Å². The van der Waals surface area contributed by atoms with E-state index in [0.29, 0.717) is 17.3 Å². The highest BCUT2D eigenvalue weighted by molar-refractivity contribution is 9.10. The van der Waals surface area contributed by atoms with Crippen LogP contribution in [0.5, 0.6) is 0 Å². The maximum atomic E-state index is 12.3. The number of anilines is 1. The maximum absolute atomic E-state index is 12.3. The second-order valence-electron chi connectivity index (χ2n) is 4.63. The third-order valence-electron chi connectivity index (χ3n) is 3.12. The molecule has 2 N–H and O–H groups in total. The van der Waals surface area contributed by atoms with Crippen LogP contribution in [0.25, 0.3) is 0 Å². The zero-order valence-electron chi connectivity index (χ0n) is 10.8. The molecule has 0 aliphatic carbocycles. The summed E-state index contributed by atoms with van der Waals surface area (Å²) in [4.78, 5) is 14.8. The second kappa shape index (κ2) is 6.47. The molecule has 10 heteroatoms. The number of rotatable bonds is 4.